The van der Waals surface area contributed by atoms with Gasteiger partial charge >= 0.3 is 0 Å². The number of likely N-dealkylation sites (tertiary alicyclic amines) is 1. The highest BCUT2D eigenvalue weighted by Crippen LogP contribution is 2.13. The first-order valence-electron chi connectivity index (χ1n) is 7.58. The van der Waals surface area contributed by atoms with Crippen LogP contribution in [0.5, 0.6) is 0 Å². The molecule has 1 aromatic rings. The van der Waals surface area contributed by atoms with Gasteiger partial charge in [0.15, 0.2) is 0 Å². The minimum absolute atomic E-state index is 0.403. The second-order valence-electron chi connectivity index (χ2n) is 5.78. The molecule has 1 aliphatic heterocycles. The van der Waals surface area contributed by atoms with Crippen LogP contribution in [-0.4, -0.2) is 53.8 Å². The SMILES string of the molecule is CC(C)COCC(CNc1ncccn1)N1CCCC1. The predicted molar refractivity (Wildman–Crippen MR) is 80.8 cm³/mol. The molecular formula is C15H26N4O. The molecule has 5 heteroatoms. The maximum atomic E-state index is 5.84. The van der Waals surface area contributed by atoms with Crippen molar-refractivity contribution in [1.82, 2.24) is 14.9 Å². The van der Waals surface area contributed by atoms with E-state index < -0.39 is 0 Å². The molecular weight excluding hydrogens is 252 g/mol. The van der Waals surface area contributed by atoms with Gasteiger partial charge in [0.05, 0.1) is 12.6 Å². The van der Waals surface area contributed by atoms with Crippen LogP contribution >= 0.6 is 0 Å². The third kappa shape index (κ3) is 5.06. The summed E-state index contributed by atoms with van der Waals surface area (Å²) in [6.45, 7) is 9.15. The molecule has 1 atom stereocenters. The molecule has 1 fully saturated rings. The van der Waals surface area contributed by atoms with Gasteiger partial charge in [-0.2, -0.15) is 0 Å². The average molecular weight is 278 g/mol. The van der Waals surface area contributed by atoms with Crippen molar-refractivity contribution in [3.05, 3.63) is 18.5 Å². The Balaban J connectivity index is 1.82. The van der Waals surface area contributed by atoms with Gasteiger partial charge < -0.3 is 10.1 Å². The predicted octanol–water partition coefficient (Wildman–Crippen LogP) is 2.03. The monoisotopic (exact) mass is 278 g/mol. The molecule has 0 bridgehead atoms. The molecule has 20 heavy (non-hydrogen) atoms. The van der Waals surface area contributed by atoms with Gasteiger partial charge in [-0.05, 0) is 37.9 Å². The summed E-state index contributed by atoms with van der Waals surface area (Å²) in [5.74, 6) is 1.28. The fraction of sp³-hybridized carbons (Fsp3) is 0.733. The molecule has 1 N–H and O–H groups in total. The van der Waals surface area contributed by atoms with E-state index in [1.54, 1.807) is 12.4 Å². The van der Waals surface area contributed by atoms with Crippen molar-refractivity contribution in [1.29, 1.82) is 0 Å². The molecule has 0 spiro atoms. The average Bonchev–Trinajstić information content (AvgIpc) is 2.97. The van der Waals surface area contributed by atoms with Crippen LogP contribution in [0.4, 0.5) is 5.95 Å². The third-order valence-electron chi connectivity index (χ3n) is 3.48. The zero-order chi connectivity index (χ0) is 14.2. The summed E-state index contributed by atoms with van der Waals surface area (Å²) in [7, 11) is 0. The fourth-order valence-corrected chi connectivity index (χ4v) is 2.44. The van der Waals surface area contributed by atoms with Gasteiger partial charge in [-0.1, -0.05) is 13.8 Å². The van der Waals surface area contributed by atoms with Crippen molar-refractivity contribution < 1.29 is 4.74 Å². The van der Waals surface area contributed by atoms with E-state index in [9.17, 15) is 0 Å². The van der Waals surface area contributed by atoms with Crippen LogP contribution in [0, 0.1) is 5.92 Å². The summed E-state index contributed by atoms with van der Waals surface area (Å²) in [6, 6.07) is 2.23. The Hall–Kier alpha value is -1.20. The van der Waals surface area contributed by atoms with Gasteiger partial charge in [-0.3, -0.25) is 4.90 Å². The molecule has 2 heterocycles. The lowest BCUT2D eigenvalue weighted by molar-refractivity contribution is 0.0589. The Labute approximate surface area is 121 Å². The summed E-state index contributed by atoms with van der Waals surface area (Å²) in [5.41, 5.74) is 0. The minimum atomic E-state index is 0.403. The summed E-state index contributed by atoms with van der Waals surface area (Å²) in [5, 5.41) is 3.32. The number of nitrogens with zero attached hydrogens (tertiary/aromatic N) is 3. The molecule has 1 aliphatic rings. The standard InChI is InChI=1S/C15H26N4O/c1-13(2)11-20-12-14(19-8-3-4-9-19)10-18-15-16-6-5-7-17-15/h5-7,13-14H,3-4,8-12H2,1-2H3,(H,16,17,18). The minimum Gasteiger partial charge on any atom is -0.379 e. The van der Waals surface area contributed by atoms with Crippen LogP contribution in [0.3, 0.4) is 0 Å². The van der Waals surface area contributed by atoms with Crippen LogP contribution < -0.4 is 5.32 Å². The zero-order valence-corrected chi connectivity index (χ0v) is 12.6. The van der Waals surface area contributed by atoms with Crippen molar-refractivity contribution in [2.45, 2.75) is 32.7 Å². The number of hydrogen-bond donors (Lipinski definition) is 1. The number of nitrogens with one attached hydrogen (secondary N) is 1. The van der Waals surface area contributed by atoms with E-state index >= 15 is 0 Å². The lowest BCUT2D eigenvalue weighted by atomic mass is 10.2. The molecule has 1 unspecified atom stereocenters. The first-order chi connectivity index (χ1) is 9.75. The van der Waals surface area contributed by atoms with E-state index in [-0.39, 0.29) is 0 Å². The van der Waals surface area contributed by atoms with Crippen LogP contribution in [0.25, 0.3) is 0 Å². The maximum Gasteiger partial charge on any atom is 0.222 e. The normalized spacial score (nSPS) is 17.6. The fourth-order valence-electron chi connectivity index (χ4n) is 2.44. The van der Waals surface area contributed by atoms with Crippen LogP contribution in [0.15, 0.2) is 18.5 Å². The lowest BCUT2D eigenvalue weighted by Gasteiger charge is -2.27. The van der Waals surface area contributed by atoms with Crippen molar-refractivity contribution in [2.24, 2.45) is 5.92 Å². The van der Waals surface area contributed by atoms with Crippen LogP contribution in [0.1, 0.15) is 26.7 Å². The highest BCUT2D eigenvalue weighted by Gasteiger charge is 2.22. The second-order valence-corrected chi connectivity index (χ2v) is 5.78. The highest BCUT2D eigenvalue weighted by molar-refractivity contribution is 5.22. The summed E-state index contributed by atoms with van der Waals surface area (Å²) < 4.78 is 5.84. The van der Waals surface area contributed by atoms with Gasteiger partial charge in [-0.15, -0.1) is 0 Å². The van der Waals surface area contributed by atoms with Gasteiger partial charge in [0.1, 0.15) is 0 Å². The van der Waals surface area contributed by atoms with E-state index in [1.807, 2.05) is 6.07 Å². The van der Waals surface area contributed by atoms with Crippen molar-refractivity contribution in [2.75, 3.05) is 38.2 Å². The first-order valence-corrected chi connectivity index (χ1v) is 7.58. The third-order valence-corrected chi connectivity index (χ3v) is 3.48. The Morgan fingerprint density at radius 2 is 1.90 bits per heavy atom. The van der Waals surface area contributed by atoms with Gasteiger partial charge in [0.2, 0.25) is 5.95 Å². The van der Waals surface area contributed by atoms with E-state index in [4.69, 9.17) is 4.74 Å². The van der Waals surface area contributed by atoms with Gasteiger partial charge in [-0.25, -0.2) is 9.97 Å². The van der Waals surface area contributed by atoms with Gasteiger partial charge in [0.25, 0.3) is 0 Å². The molecule has 0 aromatic carbocycles. The Morgan fingerprint density at radius 3 is 2.55 bits per heavy atom. The largest absolute Gasteiger partial charge is 0.379 e. The summed E-state index contributed by atoms with van der Waals surface area (Å²) in [4.78, 5) is 10.9. The number of hydrogen-bond acceptors (Lipinski definition) is 5. The molecule has 5 nitrogen and oxygen atoms in total. The molecule has 112 valence electrons. The van der Waals surface area contributed by atoms with Crippen molar-refractivity contribution in [3.8, 4) is 0 Å². The van der Waals surface area contributed by atoms with E-state index in [0.29, 0.717) is 17.9 Å². The molecule has 1 aromatic heterocycles. The molecule has 1 saturated heterocycles. The zero-order valence-electron chi connectivity index (χ0n) is 12.6. The van der Waals surface area contributed by atoms with E-state index in [2.05, 4.69) is 34.0 Å². The molecule has 0 amide bonds. The van der Waals surface area contributed by atoms with E-state index in [0.717, 1.165) is 19.8 Å². The molecule has 0 radical (unpaired) electrons. The van der Waals surface area contributed by atoms with Crippen molar-refractivity contribution >= 4 is 5.95 Å². The molecule has 0 saturated carbocycles. The summed E-state index contributed by atoms with van der Waals surface area (Å²) in [6.07, 6.45) is 6.11. The number of anilines is 1. The quantitative estimate of drug-likeness (QED) is 0.788. The Kier molecular flexibility index (Phi) is 6.21. The second kappa shape index (κ2) is 8.17. The molecule has 0 aliphatic carbocycles. The topological polar surface area (TPSA) is 50.3 Å². The molecule has 2 rings (SSSR count). The maximum absolute atomic E-state index is 5.84. The number of ether oxygens (including phenoxy) is 1. The number of rotatable bonds is 8. The highest BCUT2D eigenvalue weighted by atomic mass is 16.5. The van der Waals surface area contributed by atoms with E-state index in [1.165, 1.54) is 25.9 Å². The first kappa shape index (κ1) is 15.2. The number of aromatic nitrogens is 2. The smallest absolute Gasteiger partial charge is 0.222 e. The van der Waals surface area contributed by atoms with Gasteiger partial charge in [0, 0.05) is 25.5 Å². The lowest BCUT2D eigenvalue weighted by Crippen LogP contribution is -2.42. The van der Waals surface area contributed by atoms with Crippen LogP contribution in [-0.2, 0) is 4.74 Å². The van der Waals surface area contributed by atoms with Crippen LogP contribution in [0.2, 0.25) is 0 Å². The van der Waals surface area contributed by atoms with Crippen molar-refractivity contribution in [3.63, 3.8) is 0 Å². The summed E-state index contributed by atoms with van der Waals surface area (Å²) >= 11 is 0. The Bertz CT molecular complexity index is 365. The Morgan fingerprint density at radius 1 is 1.20 bits per heavy atom.